The number of halogens is 3. The summed E-state index contributed by atoms with van der Waals surface area (Å²) in [6.45, 7) is 1.73. The summed E-state index contributed by atoms with van der Waals surface area (Å²) in [7, 11) is 0. The van der Waals surface area contributed by atoms with Gasteiger partial charge in [0.2, 0.25) is 0 Å². The predicted molar refractivity (Wildman–Crippen MR) is 101 cm³/mol. The van der Waals surface area contributed by atoms with E-state index in [4.69, 9.17) is 4.42 Å². The molecular formula is C20H14F3N5O2. The van der Waals surface area contributed by atoms with Crippen LogP contribution in [0.25, 0.3) is 17.1 Å². The molecule has 0 radical (unpaired) electrons. The first-order valence-corrected chi connectivity index (χ1v) is 8.73. The third-order valence-corrected chi connectivity index (χ3v) is 4.31. The van der Waals surface area contributed by atoms with Crippen molar-refractivity contribution < 1.29 is 22.4 Å². The Morgan fingerprint density at radius 2 is 1.90 bits per heavy atom. The Morgan fingerprint density at radius 1 is 1.13 bits per heavy atom. The fourth-order valence-electron chi connectivity index (χ4n) is 2.93. The summed E-state index contributed by atoms with van der Waals surface area (Å²) in [6.07, 6.45) is 0.439. The molecule has 0 spiro atoms. The van der Waals surface area contributed by atoms with E-state index in [1.807, 2.05) is 0 Å². The average molecular weight is 413 g/mol. The molecule has 0 unspecified atom stereocenters. The van der Waals surface area contributed by atoms with Gasteiger partial charge in [-0.15, -0.1) is 4.80 Å². The van der Waals surface area contributed by atoms with E-state index >= 15 is 0 Å². The zero-order chi connectivity index (χ0) is 21.3. The van der Waals surface area contributed by atoms with E-state index < -0.39 is 23.5 Å². The second kappa shape index (κ2) is 7.47. The normalized spacial score (nSPS) is 11.5. The van der Waals surface area contributed by atoms with Crippen LogP contribution < -0.4 is 5.32 Å². The second-order valence-corrected chi connectivity index (χ2v) is 6.37. The van der Waals surface area contributed by atoms with Gasteiger partial charge in [0, 0.05) is 11.1 Å². The molecule has 0 aliphatic carbocycles. The van der Waals surface area contributed by atoms with E-state index in [0.29, 0.717) is 16.9 Å². The number of rotatable bonds is 4. The van der Waals surface area contributed by atoms with Crippen LogP contribution in [0.2, 0.25) is 0 Å². The molecule has 10 heteroatoms. The van der Waals surface area contributed by atoms with Crippen molar-refractivity contribution in [3.8, 4) is 17.1 Å². The summed E-state index contributed by atoms with van der Waals surface area (Å²) in [6, 6.07) is 9.39. The highest BCUT2D eigenvalue weighted by Crippen LogP contribution is 2.34. The molecule has 30 heavy (non-hydrogen) atoms. The molecule has 152 valence electrons. The topological polar surface area (TPSA) is 85.8 Å². The van der Waals surface area contributed by atoms with Crippen molar-refractivity contribution in [1.29, 1.82) is 0 Å². The summed E-state index contributed by atoms with van der Waals surface area (Å²) in [5, 5.41) is 9.84. The first-order valence-electron chi connectivity index (χ1n) is 8.73. The van der Waals surface area contributed by atoms with Crippen LogP contribution in [-0.2, 0) is 6.18 Å². The molecule has 3 heterocycles. The molecule has 0 aliphatic rings. The summed E-state index contributed by atoms with van der Waals surface area (Å²) < 4.78 is 45.8. The van der Waals surface area contributed by atoms with Crippen molar-refractivity contribution in [2.75, 3.05) is 5.32 Å². The lowest BCUT2D eigenvalue weighted by Crippen LogP contribution is -2.17. The maximum Gasteiger partial charge on any atom is 0.420 e. The summed E-state index contributed by atoms with van der Waals surface area (Å²) in [4.78, 5) is 17.2. The minimum atomic E-state index is -4.71. The number of nitrogens with one attached hydrogen (secondary N) is 1. The van der Waals surface area contributed by atoms with E-state index in [1.54, 1.807) is 43.5 Å². The maximum atomic E-state index is 13.5. The first-order chi connectivity index (χ1) is 14.3. The molecule has 7 nitrogen and oxygen atoms in total. The Balaban J connectivity index is 1.62. The van der Waals surface area contributed by atoms with Crippen LogP contribution in [0.3, 0.4) is 0 Å². The molecule has 0 fully saturated rings. The van der Waals surface area contributed by atoms with Gasteiger partial charge in [-0.3, -0.25) is 4.79 Å². The number of nitrogens with zero attached hydrogens (tertiary/aromatic N) is 4. The highest BCUT2D eigenvalue weighted by molar-refractivity contribution is 6.05. The zero-order valence-electron chi connectivity index (χ0n) is 15.5. The van der Waals surface area contributed by atoms with Crippen molar-refractivity contribution in [3.05, 3.63) is 77.9 Å². The van der Waals surface area contributed by atoms with E-state index in [9.17, 15) is 18.0 Å². The number of pyridine rings is 1. The molecule has 1 N–H and O–H groups in total. The zero-order valence-corrected chi connectivity index (χ0v) is 15.5. The van der Waals surface area contributed by atoms with Crippen LogP contribution in [0, 0.1) is 6.92 Å². The molecule has 1 aromatic carbocycles. The maximum absolute atomic E-state index is 13.5. The number of aromatic nitrogens is 4. The number of furan rings is 1. The predicted octanol–water partition coefficient (Wildman–Crippen LogP) is 4.50. The van der Waals surface area contributed by atoms with Gasteiger partial charge in [0.25, 0.3) is 5.91 Å². The number of alkyl halides is 3. The number of hydrogen-bond acceptors (Lipinski definition) is 5. The van der Waals surface area contributed by atoms with Crippen LogP contribution in [0.5, 0.6) is 0 Å². The Labute approximate surface area is 168 Å². The monoisotopic (exact) mass is 413 g/mol. The van der Waals surface area contributed by atoms with Crippen molar-refractivity contribution >= 4 is 11.6 Å². The molecule has 0 saturated carbocycles. The lowest BCUT2D eigenvalue weighted by molar-refractivity contribution is -0.137. The van der Waals surface area contributed by atoms with Gasteiger partial charge in [0.15, 0.2) is 5.82 Å². The van der Waals surface area contributed by atoms with Crippen LogP contribution in [0.15, 0.2) is 65.7 Å². The Bertz CT molecular complexity index is 1190. The minimum Gasteiger partial charge on any atom is -0.464 e. The van der Waals surface area contributed by atoms with Gasteiger partial charge in [0.1, 0.15) is 11.3 Å². The minimum absolute atomic E-state index is 0.0993. The van der Waals surface area contributed by atoms with Crippen LogP contribution in [-0.4, -0.2) is 25.9 Å². The Morgan fingerprint density at radius 3 is 2.53 bits per heavy atom. The number of carbonyl (C=O) groups is 1. The van der Waals surface area contributed by atoms with Crippen molar-refractivity contribution in [1.82, 2.24) is 20.0 Å². The number of aryl methyl sites for hydroxylation is 1. The second-order valence-electron chi connectivity index (χ2n) is 6.37. The van der Waals surface area contributed by atoms with E-state index in [0.717, 1.165) is 22.6 Å². The third kappa shape index (κ3) is 3.79. The van der Waals surface area contributed by atoms with Crippen LogP contribution in [0.4, 0.5) is 18.9 Å². The summed E-state index contributed by atoms with van der Waals surface area (Å²) >= 11 is 0. The van der Waals surface area contributed by atoms with Gasteiger partial charge in [0.05, 0.1) is 30.5 Å². The van der Waals surface area contributed by atoms with Gasteiger partial charge in [-0.1, -0.05) is 6.07 Å². The quantitative estimate of drug-likeness (QED) is 0.532. The van der Waals surface area contributed by atoms with Crippen LogP contribution >= 0.6 is 0 Å². The fraction of sp³-hybridized carbons (Fsp3) is 0.100. The first kappa shape index (κ1) is 19.4. The third-order valence-electron chi connectivity index (χ3n) is 4.31. The Hall–Kier alpha value is -3.95. The summed E-state index contributed by atoms with van der Waals surface area (Å²) in [5.74, 6) is -0.394. The highest BCUT2D eigenvalue weighted by Gasteiger charge is 2.36. The van der Waals surface area contributed by atoms with Gasteiger partial charge >= 0.3 is 6.18 Å². The number of carbonyl (C=O) groups excluding carboxylic acids is 1. The van der Waals surface area contributed by atoms with Gasteiger partial charge in [-0.25, -0.2) is 4.98 Å². The van der Waals surface area contributed by atoms with E-state index in [1.165, 1.54) is 12.4 Å². The molecule has 3 aromatic heterocycles. The van der Waals surface area contributed by atoms with E-state index in [2.05, 4.69) is 20.5 Å². The standard InChI is InChI=1S/C20H14F3N5O2/c1-12-9-13(17-3-2-8-30-17)4-5-15(12)19(29)27-14-10-16(20(21,22)23)18(24-11-14)28-25-6-7-26-28/h2-11H,1H3,(H,27,29). The molecule has 1 amide bonds. The van der Waals surface area contributed by atoms with E-state index in [-0.39, 0.29) is 5.69 Å². The molecular weight excluding hydrogens is 399 g/mol. The largest absolute Gasteiger partial charge is 0.464 e. The molecule has 0 atom stereocenters. The SMILES string of the molecule is Cc1cc(-c2ccco2)ccc1C(=O)Nc1cnc(-n2nccn2)c(C(F)(F)F)c1. The van der Waals surface area contributed by atoms with Crippen molar-refractivity contribution in [2.24, 2.45) is 0 Å². The van der Waals surface area contributed by atoms with Crippen molar-refractivity contribution in [2.45, 2.75) is 13.1 Å². The molecule has 0 aliphatic heterocycles. The highest BCUT2D eigenvalue weighted by atomic mass is 19.4. The summed E-state index contributed by atoms with van der Waals surface area (Å²) in [5.41, 5.74) is 0.574. The molecule has 0 bridgehead atoms. The fourth-order valence-corrected chi connectivity index (χ4v) is 2.93. The van der Waals surface area contributed by atoms with Gasteiger partial charge in [-0.2, -0.15) is 23.4 Å². The molecule has 4 aromatic rings. The smallest absolute Gasteiger partial charge is 0.420 e. The van der Waals surface area contributed by atoms with Crippen molar-refractivity contribution in [3.63, 3.8) is 0 Å². The van der Waals surface area contributed by atoms with Crippen LogP contribution in [0.1, 0.15) is 21.5 Å². The van der Waals surface area contributed by atoms with Gasteiger partial charge in [-0.05, 0) is 42.8 Å². The average Bonchev–Trinajstić information content (AvgIpc) is 3.41. The Kier molecular flexibility index (Phi) is 4.82. The number of anilines is 1. The van der Waals surface area contributed by atoms with Gasteiger partial charge < -0.3 is 9.73 Å². The number of benzene rings is 1. The lowest BCUT2D eigenvalue weighted by Gasteiger charge is -2.14. The molecule has 4 rings (SSSR count). The number of amides is 1. The number of hydrogen-bond donors (Lipinski definition) is 1. The lowest BCUT2D eigenvalue weighted by atomic mass is 10.0. The molecule has 0 saturated heterocycles.